The highest BCUT2D eigenvalue weighted by molar-refractivity contribution is 7.91. The summed E-state index contributed by atoms with van der Waals surface area (Å²) in [6, 6.07) is 20.8. The van der Waals surface area contributed by atoms with Crippen LogP contribution >= 0.6 is 23.2 Å². The standard InChI is InChI=1S/C21H14Cl2N4O3S/c22-14-6-4-8-16(12-14)24-25-20-19(28)21(31(29,30)18-10-2-1-3-11-18)26-27(20)17-9-5-7-15(23)13-17/h1-13,28H. The van der Waals surface area contributed by atoms with Gasteiger partial charge >= 0.3 is 0 Å². The van der Waals surface area contributed by atoms with Crippen molar-refractivity contribution in [3.63, 3.8) is 0 Å². The Hall–Kier alpha value is -3.20. The van der Waals surface area contributed by atoms with E-state index in [-0.39, 0.29) is 10.7 Å². The van der Waals surface area contributed by atoms with Gasteiger partial charge in [0.15, 0.2) is 0 Å². The van der Waals surface area contributed by atoms with Crippen molar-refractivity contribution < 1.29 is 13.5 Å². The molecule has 7 nitrogen and oxygen atoms in total. The van der Waals surface area contributed by atoms with E-state index in [1.54, 1.807) is 66.7 Å². The number of halogens is 2. The zero-order chi connectivity index (χ0) is 22.0. The molecule has 0 bridgehead atoms. The second-order valence-electron chi connectivity index (χ2n) is 6.37. The largest absolute Gasteiger partial charge is 0.502 e. The molecule has 0 saturated heterocycles. The van der Waals surface area contributed by atoms with Crippen molar-refractivity contribution in [2.24, 2.45) is 10.2 Å². The van der Waals surface area contributed by atoms with E-state index < -0.39 is 20.6 Å². The van der Waals surface area contributed by atoms with Crippen LogP contribution in [0.4, 0.5) is 11.5 Å². The molecule has 156 valence electrons. The van der Waals surface area contributed by atoms with Crippen molar-refractivity contribution in [3.05, 3.63) is 88.9 Å². The monoisotopic (exact) mass is 472 g/mol. The topological polar surface area (TPSA) is 96.9 Å². The van der Waals surface area contributed by atoms with Crippen LogP contribution in [0.3, 0.4) is 0 Å². The van der Waals surface area contributed by atoms with Crippen LogP contribution in [0.25, 0.3) is 5.69 Å². The van der Waals surface area contributed by atoms with Gasteiger partial charge in [-0.15, -0.1) is 15.3 Å². The number of aromatic hydroxyl groups is 1. The van der Waals surface area contributed by atoms with Gasteiger partial charge in [-0.2, -0.15) is 0 Å². The SMILES string of the molecule is O=S(=O)(c1ccccc1)c1nn(-c2cccc(Cl)c2)c(N=Nc2cccc(Cl)c2)c1O. The van der Waals surface area contributed by atoms with Gasteiger partial charge in [0.05, 0.1) is 16.3 Å². The molecule has 0 fully saturated rings. The Morgan fingerprint density at radius 2 is 1.52 bits per heavy atom. The predicted octanol–water partition coefficient (Wildman–Crippen LogP) is 6.13. The van der Waals surface area contributed by atoms with Gasteiger partial charge in [-0.3, -0.25) is 0 Å². The number of hydrogen-bond donors (Lipinski definition) is 1. The predicted molar refractivity (Wildman–Crippen MR) is 118 cm³/mol. The van der Waals surface area contributed by atoms with Gasteiger partial charge in [0.2, 0.25) is 26.4 Å². The molecule has 1 heterocycles. The smallest absolute Gasteiger partial charge is 0.229 e. The first kappa shape index (κ1) is 21.0. The fraction of sp³-hybridized carbons (Fsp3) is 0. The number of aromatic nitrogens is 2. The first-order valence-electron chi connectivity index (χ1n) is 8.91. The molecule has 0 amide bonds. The highest BCUT2D eigenvalue weighted by atomic mass is 35.5. The van der Waals surface area contributed by atoms with Crippen LogP contribution in [-0.2, 0) is 9.84 Å². The fourth-order valence-electron chi connectivity index (χ4n) is 2.79. The molecular formula is C21H14Cl2N4O3S. The summed E-state index contributed by atoms with van der Waals surface area (Å²) in [5.74, 6) is -0.800. The van der Waals surface area contributed by atoms with E-state index in [1.807, 2.05) is 0 Å². The average Bonchev–Trinajstić information content (AvgIpc) is 3.10. The number of nitrogens with zero attached hydrogens (tertiary/aromatic N) is 4. The highest BCUT2D eigenvalue weighted by Gasteiger charge is 2.30. The number of rotatable bonds is 5. The molecule has 1 N–H and O–H groups in total. The van der Waals surface area contributed by atoms with E-state index in [1.165, 1.54) is 16.8 Å². The molecule has 0 aliphatic rings. The number of benzene rings is 3. The molecule has 4 rings (SSSR count). The van der Waals surface area contributed by atoms with Crippen LogP contribution in [0.5, 0.6) is 5.75 Å². The van der Waals surface area contributed by atoms with Crippen LogP contribution in [-0.4, -0.2) is 23.3 Å². The zero-order valence-electron chi connectivity index (χ0n) is 15.7. The minimum Gasteiger partial charge on any atom is -0.502 e. The second-order valence-corrected chi connectivity index (χ2v) is 9.10. The number of azo groups is 1. The van der Waals surface area contributed by atoms with Crippen molar-refractivity contribution in [2.75, 3.05) is 0 Å². The van der Waals surface area contributed by atoms with Crippen LogP contribution in [0.2, 0.25) is 10.0 Å². The van der Waals surface area contributed by atoms with Crippen molar-refractivity contribution in [3.8, 4) is 11.4 Å². The average molecular weight is 473 g/mol. The number of hydrogen-bond acceptors (Lipinski definition) is 6. The molecule has 10 heteroatoms. The summed E-state index contributed by atoms with van der Waals surface area (Å²) in [5, 5.41) is 23.4. The van der Waals surface area contributed by atoms with Crippen molar-refractivity contribution in [1.29, 1.82) is 0 Å². The van der Waals surface area contributed by atoms with Crippen LogP contribution in [0, 0.1) is 0 Å². The fourth-order valence-corrected chi connectivity index (χ4v) is 4.44. The van der Waals surface area contributed by atoms with E-state index >= 15 is 0 Å². The van der Waals surface area contributed by atoms with Crippen molar-refractivity contribution in [2.45, 2.75) is 9.92 Å². The lowest BCUT2D eigenvalue weighted by atomic mass is 10.3. The van der Waals surface area contributed by atoms with Crippen molar-refractivity contribution >= 4 is 44.5 Å². The summed E-state index contributed by atoms with van der Waals surface area (Å²) in [7, 11) is -4.12. The van der Waals surface area contributed by atoms with Crippen LogP contribution in [0.1, 0.15) is 0 Å². The van der Waals surface area contributed by atoms with E-state index in [0.29, 0.717) is 21.4 Å². The van der Waals surface area contributed by atoms with Gasteiger partial charge in [-0.25, -0.2) is 13.1 Å². The molecule has 0 spiro atoms. The Labute approximate surface area is 188 Å². The Kier molecular flexibility index (Phi) is 5.77. The molecule has 3 aromatic carbocycles. The summed E-state index contributed by atoms with van der Waals surface area (Å²) in [4.78, 5) is -0.0145. The molecule has 0 unspecified atom stereocenters. The lowest BCUT2D eigenvalue weighted by Gasteiger charge is -2.03. The second kappa shape index (κ2) is 8.50. The van der Waals surface area contributed by atoms with Gasteiger partial charge in [0.1, 0.15) is 0 Å². The third kappa shape index (κ3) is 4.32. The highest BCUT2D eigenvalue weighted by Crippen LogP contribution is 2.39. The third-order valence-electron chi connectivity index (χ3n) is 4.24. The molecule has 4 aromatic rings. The summed E-state index contributed by atoms with van der Waals surface area (Å²) >= 11 is 12.1. The van der Waals surface area contributed by atoms with Gasteiger partial charge in [0.25, 0.3) is 0 Å². The Morgan fingerprint density at radius 3 is 2.19 bits per heavy atom. The minimum absolute atomic E-state index is 0.0145. The van der Waals surface area contributed by atoms with Crippen molar-refractivity contribution in [1.82, 2.24) is 9.78 Å². The summed E-state index contributed by atoms with van der Waals surface area (Å²) in [5.41, 5.74) is 0.815. The van der Waals surface area contributed by atoms with Crippen LogP contribution < -0.4 is 0 Å². The van der Waals surface area contributed by atoms with Gasteiger partial charge in [-0.05, 0) is 48.5 Å². The van der Waals surface area contributed by atoms with E-state index in [9.17, 15) is 13.5 Å². The maximum atomic E-state index is 13.1. The normalized spacial score (nSPS) is 11.8. The summed E-state index contributed by atoms with van der Waals surface area (Å²) in [6.45, 7) is 0. The molecule has 0 saturated carbocycles. The van der Waals surface area contributed by atoms with Gasteiger partial charge in [-0.1, -0.05) is 53.5 Å². The molecule has 1 aromatic heterocycles. The number of sulfone groups is 1. The molecular weight excluding hydrogens is 459 g/mol. The van der Waals surface area contributed by atoms with Gasteiger partial charge in [0, 0.05) is 10.0 Å². The summed E-state index contributed by atoms with van der Waals surface area (Å²) in [6.07, 6.45) is 0. The van der Waals surface area contributed by atoms with Gasteiger partial charge < -0.3 is 5.11 Å². The Balaban J connectivity index is 1.90. The lowest BCUT2D eigenvalue weighted by molar-refractivity contribution is 0.459. The van der Waals surface area contributed by atoms with E-state index in [0.717, 1.165) is 0 Å². The van der Waals surface area contributed by atoms with Crippen LogP contribution in [0.15, 0.2) is 99.0 Å². The zero-order valence-corrected chi connectivity index (χ0v) is 18.1. The molecule has 0 radical (unpaired) electrons. The summed E-state index contributed by atoms with van der Waals surface area (Å²) < 4.78 is 27.3. The maximum Gasteiger partial charge on any atom is 0.229 e. The Bertz CT molecular complexity index is 1390. The molecule has 0 atom stereocenters. The first-order valence-corrected chi connectivity index (χ1v) is 11.2. The Morgan fingerprint density at radius 1 is 0.839 bits per heavy atom. The minimum atomic E-state index is -4.12. The van der Waals surface area contributed by atoms with E-state index in [2.05, 4.69) is 15.3 Å². The molecule has 0 aliphatic carbocycles. The lowest BCUT2D eigenvalue weighted by Crippen LogP contribution is -2.04. The third-order valence-corrected chi connectivity index (χ3v) is 6.38. The maximum absolute atomic E-state index is 13.1. The quantitative estimate of drug-likeness (QED) is 0.353. The van der Waals surface area contributed by atoms with E-state index in [4.69, 9.17) is 23.2 Å². The molecule has 31 heavy (non-hydrogen) atoms. The first-order chi connectivity index (χ1) is 14.9. The molecule has 0 aliphatic heterocycles.